The second-order valence-electron chi connectivity index (χ2n) is 8.81. The summed E-state index contributed by atoms with van der Waals surface area (Å²) in [6.07, 6.45) is 3.22. The highest BCUT2D eigenvalue weighted by molar-refractivity contribution is 5.59. The van der Waals surface area contributed by atoms with Gasteiger partial charge in [-0.2, -0.15) is 0 Å². The number of aromatic nitrogens is 1. The van der Waals surface area contributed by atoms with E-state index in [4.69, 9.17) is 4.52 Å². The molecule has 4 fully saturated rings. The summed E-state index contributed by atoms with van der Waals surface area (Å²) >= 11 is 0. The van der Waals surface area contributed by atoms with Crippen LogP contribution in [0.25, 0.3) is 11.3 Å². The van der Waals surface area contributed by atoms with Crippen molar-refractivity contribution in [1.82, 2.24) is 10.5 Å². The first kappa shape index (κ1) is 18.0. The molecule has 4 aliphatic rings. The molecule has 1 N–H and O–H groups in total. The van der Waals surface area contributed by atoms with Gasteiger partial charge in [-0.25, -0.2) is 0 Å². The number of hydrogen-bond acceptors (Lipinski definition) is 4. The van der Waals surface area contributed by atoms with E-state index in [0.717, 1.165) is 23.4 Å². The fraction of sp³-hybridized carbons (Fsp3) is 0.571. The van der Waals surface area contributed by atoms with Crippen LogP contribution in [0.5, 0.6) is 5.75 Å². The lowest BCUT2D eigenvalue weighted by atomic mass is 9.53. The minimum Gasteiger partial charge on any atom is -0.406 e. The van der Waals surface area contributed by atoms with E-state index in [1.807, 2.05) is 0 Å². The van der Waals surface area contributed by atoms with Gasteiger partial charge in [-0.3, -0.25) is 0 Å². The van der Waals surface area contributed by atoms with Crippen molar-refractivity contribution in [1.29, 1.82) is 0 Å². The second kappa shape index (κ2) is 6.51. The van der Waals surface area contributed by atoms with Crippen LogP contribution in [0.4, 0.5) is 13.2 Å². The topological polar surface area (TPSA) is 47.3 Å². The molecular weight excluding hydrogens is 369 g/mol. The summed E-state index contributed by atoms with van der Waals surface area (Å²) in [5.41, 5.74) is 1.51. The Hall–Kier alpha value is -2.02. The number of alkyl halides is 3. The molecule has 0 spiro atoms. The van der Waals surface area contributed by atoms with Crippen LogP contribution in [0, 0.1) is 17.8 Å². The van der Waals surface area contributed by atoms with Gasteiger partial charge in [0.05, 0.1) is 5.69 Å². The van der Waals surface area contributed by atoms with Gasteiger partial charge in [-0.1, -0.05) is 17.3 Å². The van der Waals surface area contributed by atoms with Crippen molar-refractivity contribution in [3.8, 4) is 17.1 Å². The van der Waals surface area contributed by atoms with E-state index in [0.29, 0.717) is 17.9 Å². The molecule has 2 aromatic rings. The standard InChI is InChI=1S/C21H23F3N2O2/c22-21(23,24)27-18-3-1-2-16(7-18)19-8-17(26-28-19)12-25-20-9-13-4-14(10-20)6-15(5-13)11-20/h1-3,7-8,13-15,25H,4-6,9-12H2. The van der Waals surface area contributed by atoms with E-state index < -0.39 is 6.36 Å². The van der Waals surface area contributed by atoms with E-state index in [9.17, 15) is 13.2 Å². The Morgan fingerprint density at radius 1 is 1.07 bits per heavy atom. The molecule has 0 saturated heterocycles. The van der Waals surface area contributed by atoms with Crippen molar-refractivity contribution < 1.29 is 22.4 Å². The lowest BCUT2D eigenvalue weighted by Crippen LogP contribution is -2.58. The van der Waals surface area contributed by atoms with Gasteiger partial charge in [0.1, 0.15) is 5.75 Å². The van der Waals surface area contributed by atoms with Crippen molar-refractivity contribution in [2.24, 2.45) is 17.8 Å². The summed E-state index contributed by atoms with van der Waals surface area (Å²) in [4.78, 5) is 0. The smallest absolute Gasteiger partial charge is 0.406 e. The van der Waals surface area contributed by atoms with Gasteiger partial charge in [-0.15, -0.1) is 13.2 Å². The number of nitrogens with zero attached hydrogens (tertiary/aromatic N) is 1. The zero-order chi connectivity index (χ0) is 19.4. The minimum atomic E-state index is -4.72. The van der Waals surface area contributed by atoms with E-state index >= 15 is 0 Å². The van der Waals surface area contributed by atoms with Crippen LogP contribution in [0.15, 0.2) is 34.9 Å². The first-order valence-electron chi connectivity index (χ1n) is 9.93. The molecule has 1 aromatic carbocycles. The predicted octanol–water partition coefficient (Wildman–Crippen LogP) is 5.30. The van der Waals surface area contributed by atoms with Crippen LogP contribution >= 0.6 is 0 Å². The van der Waals surface area contributed by atoms with E-state index in [1.165, 1.54) is 56.7 Å². The molecule has 4 bridgehead atoms. The van der Waals surface area contributed by atoms with Crippen LogP contribution in [-0.2, 0) is 6.54 Å². The van der Waals surface area contributed by atoms with Gasteiger partial charge in [0, 0.05) is 23.7 Å². The fourth-order valence-corrected chi connectivity index (χ4v) is 5.98. The number of nitrogens with one attached hydrogen (secondary N) is 1. The molecule has 7 heteroatoms. The van der Waals surface area contributed by atoms with E-state index in [2.05, 4.69) is 15.2 Å². The third-order valence-electron chi connectivity index (χ3n) is 6.59. The zero-order valence-corrected chi connectivity index (χ0v) is 15.5. The minimum absolute atomic E-state index is 0.230. The van der Waals surface area contributed by atoms with Crippen LogP contribution < -0.4 is 10.1 Å². The largest absolute Gasteiger partial charge is 0.573 e. The summed E-state index contributed by atoms with van der Waals surface area (Å²) in [7, 11) is 0. The molecule has 4 nitrogen and oxygen atoms in total. The normalized spacial score (nSPS) is 31.3. The molecular formula is C21H23F3N2O2. The molecule has 4 saturated carbocycles. The van der Waals surface area contributed by atoms with Crippen LogP contribution in [0.3, 0.4) is 0 Å². The van der Waals surface area contributed by atoms with Crippen molar-refractivity contribution >= 4 is 0 Å². The van der Waals surface area contributed by atoms with Crippen molar-refractivity contribution in [3.63, 3.8) is 0 Å². The van der Waals surface area contributed by atoms with Gasteiger partial charge in [-0.05, 0) is 68.4 Å². The van der Waals surface area contributed by atoms with Crippen molar-refractivity contribution in [2.45, 2.75) is 57.0 Å². The van der Waals surface area contributed by atoms with E-state index in [-0.39, 0.29) is 11.3 Å². The van der Waals surface area contributed by atoms with Gasteiger partial charge in [0.25, 0.3) is 0 Å². The first-order chi connectivity index (χ1) is 13.4. The first-order valence-corrected chi connectivity index (χ1v) is 9.93. The monoisotopic (exact) mass is 392 g/mol. The third kappa shape index (κ3) is 3.64. The molecule has 0 aliphatic heterocycles. The summed E-state index contributed by atoms with van der Waals surface area (Å²) in [6.45, 7) is 0.619. The molecule has 1 aromatic heterocycles. The fourth-order valence-electron chi connectivity index (χ4n) is 5.98. The Labute approximate surface area is 161 Å². The average Bonchev–Trinajstić information content (AvgIpc) is 3.07. The highest BCUT2D eigenvalue weighted by atomic mass is 19.4. The van der Waals surface area contributed by atoms with Gasteiger partial charge < -0.3 is 14.6 Å². The van der Waals surface area contributed by atoms with Gasteiger partial charge in [0.15, 0.2) is 5.76 Å². The Kier molecular flexibility index (Phi) is 4.19. The van der Waals surface area contributed by atoms with Crippen molar-refractivity contribution in [2.75, 3.05) is 0 Å². The zero-order valence-electron chi connectivity index (χ0n) is 15.5. The Morgan fingerprint density at radius 3 is 2.39 bits per heavy atom. The maximum absolute atomic E-state index is 12.4. The number of rotatable bonds is 5. The van der Waals surface area contributed by atoms with Gasteiger partial charge in [0.2, 0.25) is 0 Å². The molecule has 150 valence electrons. The third-order valence-corrected chi connectivity index (χ3v) is 6.59. The maximum atomic E-state index is 12.4. The summed E-state index contributed by atoms with van der Waals surface area (Å²) in [5, 5.41) is 7.87. The predicted molar refractivity (Wildman–Crippen MR) is 96.4 cm³/mol. The SMILES string of the molecule is FC(F)(F)Oc1cccc(-c2cc(CNC34CC5CC(CC(C5)C3)C4)no2)c1. The number of halogens is 3. The van der Waals surface area contributed by atoms with Gasteiger partial charge >= 0.3 is 6.36 Å². The summed E-state index contributed by atoms with van der Waals surface area (Å²) < 4.78 is 46.6. The molecule has 1 heterocycles. The van der Waals surface area contributed by atoms with Crippen LogP contribution in [-0.4, -0.2) is 17.1 Å². The van der Waals surface area contributed by atoms with Crippen LogP contribution in [0.2, 0.25) is 0 Å². The molecule has 0 atom stereocenters. The molecule has 4 aliphatic carbocycles. The highest BCUT2D eigenvalue weighted by Gasteiger charge is 2.50. The molecule has 0 radical (unpaired) electrons. The quantitative estimate of drug-likeness (QED) is 0.750. The Morgan fingerprint density at radius 2 is 1.75 bits per heavy atom. The lowest BCUT2D eigenvalue weighted by molar-refractivity contribution is -0.274. The molecule has 6 rings (SSSR count). The average molecular weight is 392 g/mol. The molecule has 0 unspecified atom stereocenters. The Balaban J connectivity index is 1.26. The number of ether oxygens (including phenoxy) is 1. The highest BCUT2D eigenvalue weighted by Crippen LogP contribution is 2.55. The number of benzene rings is 1. The van der Waals surface area contributed by atoms with E-state index in [1.54, 1.807) is 12.1 Å². The second-order valence-corrected chi connectivity index (χ2v) is 8.81. The number of hydrogen-bond donors (Lipinski definition) is 1. The molecule has 28 heavy (non-hydrogen) atoms. The lowest BCUT2D eigenvalue weighted by Gasteiger charge is -2.57. The molecule has 0 amide bonds. The summed E-state index contributed by atoms with van der Waals surface area (Å²) in [5.74, 6) is 2.76. The Bertz CT molecular complexity index is 826. The maximum Gasteiger partial charge on any atom is 0.573 e. The van der Waals surface area contributed by atoms with Crippen molar-refractivity contribution in [3.05, 3.63) is 36.0 Å². The van der Waals surface area contributed by atoms with Crippen LogP contribution in [0.1, 0.15) is 44.2 Å². The summed E-state index contributed by atoms with van der Waals surface area (Å²) in [6, 6.07) is 7.56.